The van der Waals surface area contributed by atoms with Crippen molar-refractivity contribution < 1.29 is 5.11 Å². The molecule has 0 heterocycles. The Morgan fingerprint density at radius 1 is 1.86 bits per heavy atom. The third-order valence-corrected chi connectivity index (χ3v) is 0.649. The summed E-state index contributed by atoms with van der Waals surface area (Å²) < 4.78 is 0. The van der Waals surface area contributed by atoms with E-state index in [1.54, 1.807) is 6.08 Å². The number of hydrogen-bond donors (Lipinski definition) is 2. The molecule has 0 aromatic rings. The van der Waals surface area contributed by atoms with Crippen molar-refractivity contribution in [2.24, 2.45) is 5.73 Å². The van der Waals surface area contributed by atoms with Crippen LogP contribution >= 0.6 is 0 Å². The van der Waals surface area contributed by atoms with Crippen molar-refractivity contribution in [3.8, 4) is 0 Å². The first-order valence-corrected chi connectivity index (χ1v) is 2.36. The minimum absolute atomic E-state index is 0.0200. The van der Waals surface area contributed by atoms with Crippen LogP contribution in [0.3, 0.4) is 0 Å². The molecular formula is C5H11NO. The minimum atomic E-state index is -0.0200. The molecule has 0 aromatic heterocycles. The van der Waals surface area contributed by atoms with Gasteiger partial charge < -0.3 is 10.8 Å². The van der Waals surface area contributed by atoms with Crippen molar-refractivity contribution in [1.82, 2.24) is 0 Å². The molecule has 3 N–H and O–H groups in total. The fraction of sp³-hybridized carbons (Fsp3) is 0.600. The highest BCUT2D eigenvalue weighted by Crippen LogP contribution is 1.83. The Hall–Kier alpha value is -0.500. The zero-order valence-electron chi connectivity index (χ0n) is 4.52. The number of aliphatic hydroxyl groups is 1. The summed E-state index contributed by atoms with van der Waals surface area (Å²) >= 11 is 0. The van der Waals surface area contributed by atoms with Crippen LogP contribution in [0, 0.1) is 0 Å². The minimum Gasteiger partial charge on any atom is -0.400 e. The van der Waals surface area contributed by atoms with Crippen LogP contribution in [-0.4, -0.2) is 11.7 Å². The van der Waals surface area contributed by atoms with Gasteiger partial charge in [0.25, 0.3) is 0 Å². The number of nitrogens with two attached hydrogens (primary N) is 1. The van der Waals surface area contributed by atoms with Crippen LogP contribution in [0.1, 0.15) is 13.3 Å². The summed E-state index contributed by atoms with van der Waals surface area (Å²) in [4.78, 5) is 0. The highest BCUT2D eigenvalue weighted by molar-refractivity contribution is 4.94. The average molecular weight is 101 g/mol. The lowest BCUT2D eigenvalue weighted by atomic mass is 10.4. The summed E-state index contributed by atoms with van der Waals surface area (Å²) in [6.07, 6.45) is 2.69. The van der Waals surface area contributed by atoms with Gasteiger partial charge in [-0.25, -0.2) is 0 Å². The summed E-state index contributed by atoms with van der Waals surface area (Å²) in [5.74, 6) is 0. The maximum Gasteiger partial charge on any atom is 0.0822 e. The number of aliphatic hydroxyl groups excluding tert-OH is 1. The molecule has 0 aliphatic heterocycles. The molecule has 0 radical (unpaired) electrons. The zero-order chi connectivity index (χ0) is 5.70. The van der Waals surface area contributed by atoms with Crippen molar-refractivity contribution >= 4 is 0 Å². The lowest BCUT2D eigenvalue weighted by Gasteiger charge is -1.89. The molecule has 0 spiro atoms. The van der Waals surface area contributed by atoms with Crippen molar-refractivity contribution in [3.63, 3.8) is 0 Å². The third kappa shape index (κ3) is 3.33. The van der Waals surface area contributed by atoms with E-state index in [0.717, 1.165) is 6.42 Å². The molecule has 0 bridgehead atoms. The van der Waals surface area contributed by atoms with E-state index in [0.29, 0.717) is 5.70 Å². The second kappa shape index (κ2) is 3.68. The van der Waals surface area contributed by atoms with Crippen LogP contribution in [0.4, 0.5) is 0 Å². The Kier molecular flexibility index (Phi) is 3.42. The SMILES string of the molecule is CC/C=C(\N)CO. The molecule has 0 atom stereocenters. The van der Waals surface area contributed by atoms with Crippen LogP contribution in [0.15, 0.2) is 11.8 Å². The summed E-state index contributed by atoms with van der Waals surface area (Å²) in [6, 6.07) is 0. The Morgan fingerprint density at radius 2 is 2.43 bits per heavy atom. The molecule has 0 aliphatic carbocycles. The first-order chi connectivity index (χ1) is 3.31. The van der Waals surface area contributed by atoms with E-state index in [4.69, 9.17) is 10.8 Å². The quantitative estimate of drug-likeness (QED) is 0.523. The molecule has 0 unspecified atom stereocenters. The standard InChI is InChI=1S/C5H11NO/c1-2-3-5(6)4-7/h3,7H,2,4,6H2,1H3/b5-3-. The zero-order valence-corrected chi connectivity index (χ0v) is 4.52. The van der Waals surface area contributed by atoms with E-state index >= 15 is 0 Å². The van der Waals surface area contributed by atoms with Crippen LogP contribution in [0.2, 0.25) is 0 Å². The van der Waals surface area contributed by atoms with Gasteiger partial charge in [-0.15, -0.1) is 0 Å². The topological polar surface area (TPSA) is 46.2 Å². The molecule has 0 aromatic carbocycles. The van der Waals surface area contributed by atoms with E-state index in [1.165, 1.54) is 0 Å². The molecule has 0 aliphatic rings. The summed E-state index contributed by atoms with van der Waals surface area (Å²) in [5.41, 5.74) is 5.75. The van der Waals surface area contributed by atoms with Gasteiger partial charge in [-0.05, 0) is 6.42 Å². The van der Waals surface area contributed by atoms with E-state index in [9.17, 15) is 0 Å². The Labute approximate surface area is 43.6 Å². The lowest BCUT2D eigenvalue weighted by Crippen LogP contribution is -2.00. The first kappa shape index (κ1) is 6.50. The molecule has 2 heteroatoms. The third-order valence-electron chi connectivity index (χ3n) is 0.649. The van der Waals surface area contributed by atoms with Crippen molar-refractivity contribution in [1.29, 1.82) is 0 Å². The first-order valence-electron chi connectivity index (χ1n) is 2.36. The molecule has 0 saturated carbocycles. The lowest BCUT2D eigenvalue weighted by molar-refractivity contribution is 0.329. The molecule has 7 heavy (non-hydrogen) atoms. The summed E-state index contributed by atoms with van der Waals surface area (Å²) in [7, 11) is 0. The summed E-state index contributed by atoms with van der Waals surface area (Å²) in [5, 5.41) is 8.27. The van der Waals surface area contributed by atoms with Crippen LogP contribution in [-0.2, 0) is 0 Å². The predicted molar refractivity (Wildman–Crippen MR) is 29.6 cm³/mol. The van der Waals surface area contributed by atoms with Crippen LogP contribution in [0.5, 0.6) is 0 Å². The Bertz CT molecular complexity index is 68.5. The van der Waals surface area contributed by atoms with Gasteiger partial charge in [0.2, 0.25) is 0 Å². The van der Waals surface area contributed by atoms with Gasteiger partial charge in [-0.1, -0.05) is 13.0 Å². The Morgan fingerprint density at radius 3 is 2.57 bits per heavy atom. The molecule has 0 amide bonds. The number of hydrogen-bond acceptors (Lipinski definition) is 2. The molecule has 0 fully saturated rings. The second-order valence-electron chi connectivity index (χ2n) is 1.35. The second-order valence-corrected chi connectivity index (χ2v) is 1.35. The van der Waals surface area contributed by atoms with Crippen molar-refractivity contribution in [3.05, 3.63) is 11.8 Å². The van der Waals surface area contributed by atoms with Gasteiger partial charge in [-0.3, -0.25) is 0 Å². The van der Waals surface area contributed by atoms with E-state index < -0.39 is 0 Å². The largest absolute Gasteiger partial charge is 0.400 e. The van der Waals surface area contributed by atoms with E-state index in [-0.39, 0.29) is 6.61 Å². The molecular weight excluding hydrogens is 90.1 g/mol. The molecule has 42 valence electrons. The summed E-state index contributed by atoms with van der Waals surface area (Å²) in [6.45, 7) is 1.95. The van der Waals surface area contributed by atoms with E-state index in [1.807, 2.05) is 6.92 Å². The van der Waals surface area contributed by atoms with Crippen LogP contribution < -0.4 is 5.73 Å². The van der Waals surface area contributed by atoms with E-state index in [2.05, 4.69) is 0 Å². The smallest absolute Gasteiger partial charge is 0.0822 e. The normalized spacial score (nSPS) is 12.0. The maximum absolute atomic E-state index is 8.27. The van der Waals surface area contributed by atoms with Crippen LogP contribution in [0.25, 0.3) is 0 Å². The monoisotopic (exact) mass is 101 g/mol. The average Bonchev–Trinajstić information content (AvgIpc) is 1.68. The maximum atomic E-state index is 8.27. The van der Waals surface area contributed by atoms with Gasteiger partial charge in [0.1, 0.15) is 0 Å². The van der Waals surface area contributed by atoms with Crippen molar-refractivity contribution in [2.75, 3.05) is 6.61 Å². The van der Waals surface area contributed by atoms with Crippen molar-refractivity contribution in [2.45, 2.75) is 13.3 Å². The molecule has 0 saturated heterocycles. The molecule has 0 rings (SSSR count). The van der Waals surface area contributed by atoms with Gasteiger partial charge in [0, 0.05) is 5.70 Å². The highest BCUT2D eigenvalue weighted by atomic mass is 16.3. The van der Waals surface area contributed by atoms with Gasteiger partial charge in [0.15, 0.2) is 0 Å². The highest BCUT2D eigenvalue weighted by Gasteiger charge is 1.78. The fourth-order valence-electron chi connectivity index (χ4n) is 0.327. The van der Waals surface area contributed by atoms with Gasteiger partial charge in [0.05, 0.1) is 6.61 Å². The number of rotatable bonds is 2. The Balaban J connectivity index is 3.29. The van der Waals surface area contributed by atoms with Gasteiger partial charge in [-0.2, -0.15) is 0 Å². The predicted octanol–water partition coefficient (Wildman–Crippen LogP) is 0.231. The molecule has 2 nitrogen and oxygen atoms in total. The van der Waals surface area contributed by atoms with Gasteiger partial charge >= 0.3 is 0 Å². The number of allylic oxidation sites excluding steroid dienone is 1. The fourth-order valence-corrected chi connectivity index (χ4v) is 0.327.